The summed E-state index contributed by atoms with van der Waals surface area (Å²) in [6.45, 7) is 5.70. The van der Waals surface area contributed by atoms with Gasteiger partial charge in [0.05, 0.1) is 21.3 Å². The summed E-state index contributed by atoms with van der Waals surface area (Å²) in [5, 5.41) is 0. The van der Waals surface area contributed by atoms with Crippen LogP contribution in [0.2, 0.25) is 0 Å². The molecule has 1 aromatic carbocycles. The van der Waals surface area contributed by atoms with E-state index in [9.17, 15) is 4.79 Å². The minimum Gasteiger partial charge on any atom is -0.493 e. The van der Waals surface area contributed by atoms with Crippen molar-refractivity contribution in [2.75, 3.05) is 47.5 Å². The van der Waals surface area contributed by atoms with Crippen molar-refractivity contribution >= 4 is 5.91 Å². The third-order valence-corrected chi connectivity index (χ3v) is 5.39. The number of amides is 1. The zero-order valence-corrected chi connectivity index (χ0v) is 15.6. The van der Waals surface area contributed by atoms with E-state index in [-0.39, 0.29) is 5.91 Å². The summed E-state index contributed by atoms with van der Waals surface area (Å²) >= 11 is 0. The normalized spacial score (nSPS) is 19.4. The molecule has 1 saturated heterocycles. The highest BCUT2D eigenvalue weighted by Crippen LogP contribution is 2.39. The SMILES string of the molecule is COc1cc(C(=O)N2CCN(C(C)C3CC3)CC2)cc(OC)c1OC. The van der Waals surface area contributed by atoms with Gasteiger partial charge in [0.1, 0.15) is 0 Å². The highest BCUT2D eigenvalue weighted by molar-refractivity contribution is 5.95. The average Bonchev–Trinajstić information content (AvgIpc) is 3.50. The Balaban J connectivity index is 1.71. The molecule has 0 N–H and O–H groups in total. The van der Waals surface area contributed by atoms with Crippen LogP contribution in [0, 0.1) is 5.92 Å². The molecule has 0 spiro atoms. The van der Waals surface area contributed by atoms with Crippen molar-refractivity contribution in [3.05, 3.63) is 17.7 Å². The number of nitrogens with zero attached hydrogens (tertiary/aromatic N) is 2. The Hall–Kier alpha value is -1.95. The topological polar surface area (TPSA) is 51.2 Å². The van der Waals surface area contributed by atoms with Crippen LogP contribution in [0.1, 0.15) is 30.1 Å². The van der Waals surface area contributed by atoms with Crippen LogP contribution in [0.4, 0.5) is 0 Å². The maximum atomic E-state index is 12.9. The molecule has 1 saturated carbocycles. The standard InChI is InChI=1S/C19H28N2O4/c1-13(14-5-6-14)20-7-9-21(10-8-20)19(22)15-11-16(23-2)18(25-4)17(12-15)24-3/h11-14H,5-10H2,1-4H3. The van der Waals surface area contributed by atoms with Crippen LogP contribution in [-0.4, -0.2) is 69.3 Å². The first-order valence-corrected chi connectivity index (χ1v) is 8.92. The highest BCUT2D eigenvalue weighted by Gasteiger charge is 2.34. The first kappa shape index (κ1) is 17.9. The number of carbonyl (C=O) groups is 1. The lowest BCUT2D eigenvalue weighted by Crippen LogP contribution is -2.51. The molecule has 2 aliphatic rings. The van der Waals surface area contributed by atoms with E-state index in [4.69, 9.17) is 14.2 Å². The van der Waals surface area contributed by atoms with Gasteiger partial charge in [0.25, 0.3) is 5.91 Å². The number of rotatable bonds is 6. The van der Waals surface area contributed by atoms with Gasteiger partial charge in [-0.2, -0.15) is 0 Å². The summed E-state index contributed by atoms with van der Waals surface area (Å²) in [5.74, 6) is 2.39. The minimum atomic E-state index is 0.0120. The van der Waals surface area contributed by atoms with Gasteiger partial charge in [-0.1, -0.05) is 0 Å². The van der Waals surface area contributed by atoms with Crippen LogP contribution in [0.3, 0.4) is 0 Å². The van der Waals surface area contributed by atoms with Gasteiger partial charge < -0.3 is 19.1 Å². The second-order valence-electron chi connectivity index (χ2n) is 6.82. The van der Waals surface area contributed by atoms with Crippen molar-refractivity contribution in [2.45, 2.75) is 25.8 Å². The molecular formula is C19H28N2O4. The Morgan fingerprint density at radius 1 is 1.00 bits per heavy atom. The van der Waals surface area contributed by atoms with Crippen molar-refractivity contribution in [1.29, 1.82) is 0 Å². The molecule has 0 bridgehead atoms. The Bertz CT molecular complexity index is 597. The number of piperazine rings is 1. The maximum Gasteiger partial charge on any atom is 0.254 e. The van der Waals surface area contributed by atoms with Gasteiger partial charge in [-0.05, 0) is 37.8 Å². The van der Waals surface area contributed by atoms with Crippen molar-refractivity contribution in [3.8, 4) is 17.2 Å². The first-order valence-electron chi connectivity index (χ1n) is 8.92. The summed E-state index contributed by atoms with van der Waals surface area (Å²) in [6, 6.07) is 4.09. The van der Waals surface area contributed by atoms with Gasteiger partial charge in [0, 0.05) is 37.8 Å². The molecule has 6 heteroatoms. The van der Waals surface area contributed by atoms with Crippen molar-refractivity contribution in [1.82, 2.24) is 9.80 Å². The van der Waals surface area contributed by atoms with E-state index in [0.29, 0.717) is 28.9 Å². The zero-order chi connectivity index (χ0) is 18.0. The van der Waals surface area contributed by atoms with E-state index >= 15 is 0 Å². The quantitative estimate of drug-likeness (QED) is 0.789. The molecule has 138 valence electrons. The van der Waals surface area contributed by atoms with Gasteiger partial charge in [-0.25, -0.2) is 0 Å². The summed E-state index contributed by atoms with van der Waals surface area (Å²) in [5.41, 5.74) is 0.568. The van der Waals surface area contributed by atoms with Gasteiger partial charge in [0.2, 0.25) is 5.75 Å². The summed E-state index contributed by atoms with van der Waals surface area (Å²) in [6.07, 6.45) is 2.71. The molecule has 0 radical (unpaired) electrons. The van der Waals surface area contributed by atoms with E-state index in [1.807, 2.05) is 4.90 Å². The van der Waals surface area contributed by atoms with E-state index in [1.165, 1.54) is 12.8 Å². The molecule has 1 aromatic rings. The van der Waals surface area contributed by atoms with Crippen molar-refractivity contribution < 1.29 is 19.0 Å². The third-order valence-electron chi connectivity index (χ3n) is 5.39. The maximum absolute atomic E-state index is 12.9. The predicted octanol–water partition coefficient (Wildman–Crippen LogP) is 2.27. The van der Waals surface area contributed by atoms with Crippen LogP contribution >= 0.6 is 0 Å². The molecular weight excluding hydrogens is 320 g/mol. The number of carbonyl (C=O) groups excluding carboxylic acids is 1. The second kappa shape index (κ2) is 7.52. The van der Waals surface area contributed by atoms with E-state index in [1.54, 1.807) is 33.5 Å². The Labute approximate surface area is 149 Å². The van der Waals surface area contributed by atoms with Gasteiger partial charge in [0.15, 0.2) is 11.5 Å². The average molecular weight is 348 g/mol. The Morgan fingerprint density at radius 3 is 2.00 bits per heavy atom. The molecule has 2 fully saturated rings. The number of ether oxygens (including phenoxy) is 3. The fourth-order valence-corrected chi connectivity index (χ4v) is 3.60. The number of hydrogen-bond acceptors (Lipinski definition) is 5. The monoisotopic (exact) mass is 348 g/mol. The van der Waals surface area contributed by atoms with Crippen molar-refractivity contribution in [3.63, 3.8) is 0 Å². The van der Waals surface area contributed by atoms with E-state index in [0.717, 1.165) is 32.1 Å². The second-order valence-corrected chi connectivity index (χ2v) is 6.82. The number of hydrogen-bond donors (Lipinski definition) is 0. The fourth-order valence-electron chi connectivity index (χ4n) is 3.60. The van der Waals surface area contributed by atoms with Crippen LogP contribution in [-0.2, 0) is 0 Å². The van der Waals surface area contributed by atoms with E-state index in [2.05, 4.69) is 11.8 Å². The molecule has 1 amide bonds. The van der Waals surface area contributed by atoms with Crippen LogP contribution < -0.4 is 14.2 Å². The predicted molar refractivity (Wildman–Crippen MR) is 95.8 cm³/mol. The van der Waals surface area contributed by atoms with Crippen LogP contribution in [0.15, 0.2) is 12.1 Å². The van der Waals surface area contributed by atoms with Crippen LogP contribution in [0.25, 0.3) is 0 Å². The summed E-state index contributed by atoms with van der Waals surface area (Å²) in [7, 11) is 4.68. The molecule has 25 heavy (non-hydrogen) atoms. The lowest BCUT2D eigenvalue weighted by Gasteiger charge is -2.38. The first-order chi connectivity index (χ1) is 12.1. The third kappa shape index (κ3) is 3.68. The fraction of sp³-hybridized carbons (Fsp3) is 0.632. The lowest BCUT2D eigenvalue weighted by molar-refractivity contribution is 0.0563. The molecule has 1 aliphatic carbocycles. The lowest BCUT2D eigenvalue weighted by atomic mass is 10.1. The summed E-state index contributed by atoms with van der Waals surface area (Å²) < 4.78 is 16.0. The molecule has 0 aromatic heterocycles. The number of methoxy groups -OCH3 is 3. The largest absolute Gasteiger partial charge is 0.493 e. The van der Waals surface area contributed by atoms with Crippen LogP contribution in [0.5, 0.6) is 17.2 Å². The van der Waals surface area contributed by atoms with Gasteiger partial charge in [-0.15, -0.1) is 0 Å². The van der Waals surface area contributed by atoms with Gasteiger partial charge in [-0.3, -0.25) is 9.69 Å². The molecule has 1 heterocycles. The zero-order valence-electron chi connectivity index (χ0n) is 15.6. The summed E-state index contributed by atoms with van der Waals surface area (Å²) in [4.78, 5) is 17.3. The Morgan fingerprint density at radius 2 is 1.56 bits per heavy atom. The molecule has 1 aliphatic heterocycles. The number of benzene rings is 1. The molecule has 6 nitrogen and oxygen atoms in total. The molecule has 3 rings (SSSR count). The smallest absolute Gasteiger partial charge is 0.254 e. The Kier molecular flexibility index (Phi) is 5.37. The minimum absolute atomic E-state index is 0.0120. The molecule has 1 atom stereocenters. The van der Waals surface area contributed by atoms with E-state index < -0.39 is 0 Å². The van der Waals surface area contributed by atoms with Crippen molar-refractivity contribution in [2.24, 2.45) is 5.92 Å². The molecule has 1 unspecified atom stereocenters. The van der Waals surface area contributed by atoms with Gasteiger partial charge >= 0.3 is 0 Å². The highest BCUT2D eigenvalue weighted by atomic mass is 16.5.